The van der Waals surface area contributed by atoms with Crippen LogP contribution < -0.4 is 9.64 Å². The Morgan fingerprint density at radius 3 is 2.40 bits per heavy atom. The van der Waals surface area contributed by atoms with Crippen LogP contribution in [-0.2, 0) is 11.3 Å². The summed E-state index contributed by atoms with van der Waals surface area (Å²) in [5.74, 6) is 0.0473. The average molecular weight is 455 g/mol. The van der Waals surface area contributed by atoms with Crippen LogP contribution in [0.15, 0.2) is 36.4 Å². The van der Waals surface area contributed by atoms with E-state index >= 15 is 0 Å². The number of benzene rings is 2. The first-order chi connectivity index (χ1) is 14.1. The highest BCUT2D eigenvalue weighted by molar-refractivity contribution is 6.32. The Hall–Kier alpha value is -2.18. The van der Waals surface area contributed by atoms with Crippen molar-refractivity contribution in [3.8, 4) is 5.75 Å². The molecule has 0 saturated carbocycles. The van der Waals surface area contributed by atoms with Gasteiger partial charge in [0.25, 0.3) is 0 Å². The molecule has 1 heterocycles. The van der Waals surface area contributed by atoms with Gasteiger partial charge in [-0.3, -0.25) is 0 Å². The van der Waals surface area contributed by atoms with Crippen LogP contribution in [0.3, 0.4) is 0 Å². The Labute approximate surface area is 186 Å². The van der Waals surface area contributed by atoms with Crippen molar-refractivity contribution in [2.24, 2.45) is 0 Å². The second-order valence-electron chi connectivity index (χ2n) is 8.09. The molecular weight excluding hydrogens is 430 g/mol. The van der Waals surface area contributed by atoms with E-state index in [1.807, 2.05) is 32.9 Å². The fourth-order valence-corrected chi connectivity index (χ4v) is 3.40. The number of ether oxygens (including phenoxy) is 2. The number of halogens is 3. The summed E-state index contributed by atoms with van der Waals surface area (Å²) in [7, 11) is 0. The number of anilines is 1. The number of hydrogen-bond donors (Lipinski definition) is 0. The minimum Gasteiger partial charge on any atom is -0.487 e. The van der Waals surface area contributed by atoms with Crippen molar-refractivity contribution in [3.05, 3.63) is 57.8 Å². The molecule has 0 unspecified atom stereocenters. The Morgan fingerprint density at radius 1 is 1.07 bits per heavy atom. The fraction of sp³-hybridized carbons (Fsp3) is 0.409. The summed E-state index contributed by atoms with van der Waals surface area (Å²) < 4.78 is 25.2. The number of hydrogen-bond acceptors (Lipinski definition) is 4. The van der Waals surface area contributed by atoms with E-state index in [4.69, 9.17) is 32.7 Å². The molecule has 3 rings (SSSR count). The maximum absolute atomic E-state index is 14.0. The summed E-state index contributed by atoms with van der Waals surface area (Å²) in [4.78, 5) is 16.1. The number of piperazine rings is 1. The van der Waals surface area contributed by atoms with Gasteiger partial charge in [-0.1, -0.05) is 29.3 Å². The molecule has 0 aromatic heterocycles. The van der Waals surface area contributed by atoms with Gasteiger partial charge in [0, 0.05) is 48.5 Å². The molecule has 0 bridgehead atoms. The first-order valence-electron chi connectivity index (χ1n) is 9.71. The van der Waals surface area contributed by atoms with Crippen molar-refractivity contribution in [2.75, 3.05) is 31.1 Å². The maximum atomic E-state index is 14.0. The Bertz CT molecular complexity index is 910. The molecule has 0 aliphatic carbocycles. The van der Waals surface area contributed by atoms with E-state index < -0.39 is 11.4 Å². The number of carbonyl (C=O) groups excluding carboxylic acids is 1. The lowest BCUT2D eigenvalue weighted by Crippen LogP contribution is -2.50. The van der Waals surface area contributed by atoms with Gasteiger partial charge < -0.3 is 19.3 Å². The van der Waals surface area contributed by atoms with Crippen LogP contribution in [0.1, 0.15) is 26.3 Å². The van der Waals surface area contributed by atoms with Gasteiger partial charge in [0.1, 0.15) is 23.8 Å². The standard InChI is InChI=1S/C22H25Cl2FN2O3/c1-22(2,3)30-21(28)27-10-8-26(9-11-27)17-6-7-18(24)20(13-17)29-14-15-4-5-16(23)12-19(15)25/h4-7,12-13H,8-11,14H2,1-3H3. The van der Waals surface area contributed by atoms with Crippen LogP contribution in [0.25, 0.3) is 0 Å². The maximum Gasteiger partial charge on any atom is 0.410 e. The molecule has 0 spiro atoms. The lowest BCUT2D eigenvalue weighted by Gasteiger charge is -2.36. The Morgan fingerprint density at radius 2 is 1.77 bits per heavy atom. The highest BCUT2D eigenvalue weighted by Crippen LogP contribution is 2.31. The molecule has 0 N–H and O–H groups in total. The van der Waals surface area contributed by atoms with Crippen LogP contribution in [0.2, 0.25) is 10.0 Å². The minimum atomic E-state index is -0.514. The minimum absolute atomic E-state index is 0.0403. The third-order valence-electron chi connectivity index (χ3n) is 4.61. The summed E-state index contributed by atoms with van der Waals surface area (Å²) in [5.41, 5.74) is 0.807. The van der Waals surface area contributed by atoms with Gasteiger partial charge >= 0.3 is 6.09 Å². The van der Waals surface area contributed by atoms with E-state index in [1.165, 1.54) is 6.07 Å². The number of carbonyl (C=O) groups is 1. The first-order valence-corrected chi connectivity index (χ1v) is 10.5. The zero-order valence-electron chi connectivity index (χ0n) is 17.3. The van der Waals surface area contributed by atoms with Crippen LogP contribution in [0.4, 0.5) is 14.9 Å². The fourth-order valence-electron chi connectivity index (χ4n) is 3.07. The van der Waals surface area contributed by atoms with Gasteiger partial charge in [-0.25, -0.2) is 9.18 Å². The lowest BCUT2D eigenvalue weighted by molar-refractivity contribution is 0.0240. The van der Waals surface area contributed by atoms with Crippen LogP contribution >= 0.6 is 23.2 Å². The van der Waals surface area contributed by atoms with Crippen molar-refractivity contribution >= 4 is 35.0 Å². The van der Waals surface area contributed by atoms with Crippen molar-refractivity contribution < 1.29 is 18.7 Å². The summed E-state index contributed by atoms with van der Waals surface area (Å²) in [6.07, 6.45) is -0.299. The Balaban J connectivity index is 1.62. The number of rotatable bonds is 4. The highest BCUT2D eigenvalue weighted by atomic mass is 35.5. The first kappa shape index (κ1) is 22.5. The predicted molar refractivity (Wildman–Crippen MR) is 117 cm³/mol. The average Bonchev–Trinajstić information content (AvgIpc) is 2.67. The summed E-state index contributed by atoms with van der Waals surface area (Å²) in [5, 5.41) is 0.780. The summed E-state index contributed by atoms with van der Waals surface area (Å²) >= 11 is 12.1. The van der Waals surface area contributed by atoms with Crippen molar-refractivity contribution in [2.45, 2.75) is 33.0 Å². The van der Waals surface area contributed by atoms with Crippen molar-refractivity contribution in [3.63, 3.8) is 0 Å². The molecule has 0 atom stereocenters. The molecule has 1 aliphatic rings. The molecule has 162 valence electrons. The molecule has 1 aliphatic heterocycles. The summed E-state index contributed by atoms with van der Waals surface area (Å²) in [6, 6.07) is 9.95. The van der Waals surface area contributed by atoms with E-state index in [0.29, 0.717) is 47.5 Å². The quantitative estimate of drug-likeness (QED) is 0.587. The molecule has 30 heavy (non-hydrogen) atoms. The molecule has 5 nitrogen and oxygen atoms in total. The molecular formula is C22H25Cl2FN2O3. The molecule has 1 fully saturated rings. The van der Waals surface area contributed by atoms with Crippen LogP contribution in [-0.4, -0.2) is 42.8 Å². The topological polar surface area (TPSA) is 42.0 Å². The molecule has 1 amide bonds. The van der Waals surface area contributed by atoms with Gasteiger partial charge in [0.2, 0.25) is 0 Å². The van der Waals surface area contributed by atoms with E-state index in [-0.39, 0.29) is 12.7 Å². The lowest BCUT2D eigenvalue weighted by atomic mass is 10.2. The largest absolute Gasteiger partial charge is 0.487 e. The molecule has 1 saturated heterocycles. The monoisotopic (exact) mass is 454 g/mol. The van der Waals surface area contributed by atoms with Crippen LogP contribution in [0, 0.1) is 5.82 Å². The van der Waals surface area contributed by atoms with E-state index in [9.17, 15) is 9.18 Å². The van der Waals surface area contributed by atoms with Gasteiger partial charge in [-0.2, -0.15) is 0 Å². The zero-order chi connectivity index (χ0) is 21.9. The summed E-state index contributed by atoms with van der Waals surface area (Å²) in [6.45, 7) is 8.04. The van der Waals surface area contributed by atoms with E-state index in [1.54, 1.807) is 23.1 Å². The second-order valence-corrected chi connectivity index (χ2v) is 8.94. The smallest absolute Gasteiger partial charge is 0.410 e. The molecule has 2 aromatic carbocycles. The SMILES string of the molecule is CC(C)(C)OC(=O)N1CCN(c2ccc(Cl)c(OCc3ccc(Cl)cc3F)c2)CC1. The van der Waals surface area contributed by atoms with Gasteiger partial charge in [-0.05, 0) is 45.0 Å². The van der Waals surface area contributed by atoms with Crippen molar-refractivity contribution in [1.82, 2.24) is 4.90 Å². The Kier molecular flexibility index (Phi) is 6.98. The van der Waals surface area contributed by atoms with Crippen molar-refractivity contribution in [1.29, 1.82) is 0 Å². The third kappa shape index (κ3) is 5.92. The number of amides is 1. The second kappa shape index (κ2) is 9.31. The molecule has 2 aromatic rings. The normalized spacial score (nSPS) is 14.6. The molecule has 8 heteroatoms. The predicted octanol–water partition coefficient (Wildman–Crippen LogP) is 5.77. The third-order valence-corrected chi connectivity index (χ3v) is 5.16. The van der Waals surface area contributed by atoms with E-state index in [0.717, 1.165) is 5.69 Å². The van der Waals surface area contributed by atoms with E-state index in [2.05, 4.69) is 4.90 Å². The van der Waals surface area contributed by atoms with Gasteiger partial charge in [0.05, 0.1) is 5.02 Å². The van der Waals surface area contributed by atoms with Crippen LogP contribution in [0.5, 0.6) is 5.75 Å². The zero-order valence-corrected chi connectivity index (χ0v) is 18.8. The highest BCUT2D eigenvalue weighted by Gasteiger charge is 2.26. The van der Waals surface area contributed by atoms with Gasteiger partial charge in [0.15, 0.2) is 0 Å². The van der Waals surface area contributed by atoms with Gasteiger partial charge in [-0.15, -0.1) is 0 Å². The number of nitrogens with zero attached hydrogens (tertiary/aromatic N) is 2. The molecule has 0 radical (unpaired) electrons.